The van der Waals surface area contributed by atoms with E-state index in [1.165, 1.54) is 18.3 Å². The maximum atomic E-state index is 13.9. The second kappa shape index (κ2) is 12.4. The predicted molar refractivity (Wildman–Crippen MR) is 168 cm³/mol. The average Bonchev–Trinajstić information content (AvgIpc) is 3.43. The van der Waals surface area contributed by atoms with E-state index in [0.717, 1.165) is 17.2 Å². The first kappa shape index (κ1) is 30.3. The molecule has 0 radical (unpaired) electrons. The lowest BCUT2D eigenvalue weighted by atomic mass is 9.91. The molecule has 9 heteroatoms. The van der Waals surface area contributed by atoms with Gasteiger partial charge < -0.3 is 14.4 Å². The Balaban J connectivity index is 1.30. The largest absolute Gasteiger partial charge is 0.489 e. The summed E-state index contributed by atoms with van der Waals surface area (Å²) in [6.07, 6.45) is -1.67. The zero-order valence-corrected chi connectivity index (χ0v) is 24.6. The van der Waals surface area contributed by atoms with Crippen LogP contribution in [0.3, 0.4) is 0 Å². The zero-order valence-electron chi connectivity index (χ0n) is 24.6. The topological polar surface area (TPSA) is 81.4 Å². The van der Waals surface area contributed by atoms with Gasteiger partial charge in [-0.2, -0.15) is 13.2 Å². The number of halogens is 3. The number of carboxylic acid groups (broad SMARTS) is 1. The number of alkyl halides is 3. The van der Waals surface area contributed by atoms with Crippen LogP contribution in [-0.2, 0) is 19.3 Å². The van der Waals surface area contributed by atoms with E-state index in [1.54, 1.807) is 78.4 Å². The molecule has 0 saturated carbocycles. The lowest BCUT2D eigenvalue weighted by Gasteiger charge is -2.16. The Kier molecular flexibility index (Phi) is 8.15. The van der Waals surface area contributed by atoms with Crippen molar-refractivity contribution in [1.29, 1.82) is 0 Å². The molecule has 2 heterocycles. The average molecular weight is 621 g/mol. The van der Waals surface area contributed by atoms with Crippen molar-refractivity contribution in [2.75, 3.05) is 0 Å². The number of hydrogen-bond acceptors (Lipinski definition) is 4. The Morgan fingerprint density at radius 3 is 2.30 bits per heavy atom. The Hall–Kier alpha value is -5.70. The minimum Gasteiger partial charge on any atom is -0.489 e. The van der Waals surface area contributed by atoms with Gasteiger partial charge in [-0.05, 0) is 53.4 Å². The van der Waals surface area contributed by atoms with E-state index in [2.05, 4.69) is 4.98 Å². The number of aromatic nitrogens is 2. The van der Waals surface area contributed by atoms with Crippen LogP contribution in [0.15, 0.2) is 116 Å². The molecule has 6 nitrogen and oxygen atoms in total. The van der Waals surface area contributed by atoms with Gasteiger partial charge in [-0.25, -0.2) is 4.79 Å². The lowest BCUT2D eigenvalue weighted by Crippen LogP contribution is -2.10. The third-order valence-electron chi connectivity index (χ3n) is 7.76. The molecule has 4 aromatic carbocycles. The molecule has 0 bridgehead atoms. The first-order chi connectivity index (χ1) is 22.1. The monoisotopic (exact) mass is 620 g/mol. The second-order valence-corrected chi connectivity index (χ2v) is 10.9. The number of carbonyl (C=O) groups excluding carboxylic acids is 1. The number of aryl methyl sites for hydroxylation is 1. The summed E-state index contributed by atoms with van der Waals surface area (Å²) in [6.45, 7) is 2.37. The third-order valence-corrected chi connectivity index (χ3v) is 7.76. The molecule has 46 heavy (non-hydrogen) atoms. The molecule has 230 valence electrons. The van der Waals surface area contributed by atoms with Crippen LogP contribution in [0.25, 0.3) is 22.0 Å². The molecule has 6 aromatic rings. The number of fused-ring (bicyclic) bond motifs is 1. The number of aromatic carboxylic acids is 1. The highest BCUT2D eigenvalue weighted by Gasteiger charge is 2.34. The maximum absolute atomic E-state index is 13.9. The Bertz CT molecular complexity index is 2070. The van der Waals surface area contributed by atoms with Gasteiger partial charge in [0.25, 0.3) is 0 Å². The Morgan fingerprint density at radius 2 is 1.59 bits per heavy atom. The summed E-state index contributed by atoms with van der Waals surface area (Å²) in [5, 5.41) is 9.72. The molecule has 0 fully saturated rings. The summed E-state index contributed by atoms with van der Waals surface area (Å²) < 4.78 is 49.6. The zero-order chi connectivity index (χ0) is 32.4. The van der Waals surface area contributed by atoms with Crippen LogP contribution < -0.4 is 4.74 Å². The van der Waals surface area contributed by atoms with Crippen molar-refractivity contribution in [3.63, 3.8) is 0 Å². The Labute approximate surface area is 262 Å². The van der Waals surface area contributed by atoms with Crippen molar-refractivity contribution >= 4 is 22.7 Å². The summed E-state index contributed by atoms with van der Waals surface area (Å²) >= 11 is 0. The normalized spacial score (nSPS) is 11.5. The first-order valence-corrected chi connectivity index (χ1v) is 14.4. The van der Waals surface area contributed by atoms with Crippen molar-refractivity contribution < 1.29 is 32.6 Å². The fourth-order valence-electron chi connectivity index (χ4n) is 5.53. The van der Waals surface area contributed by atoms with E-state index in [9.17, 15) is 27.9 Å². The third kappa shape index (κ3) is 6.12. The van der Waals surface area contributed by atoms with E-state index in [1.807, 2.05) is 24.3 Å². The first-order valence-electron chi connectivity index (χ1n) is 14.4. The Morgan fingerprint density at radius 1 is 0.870 bits per heavy atom. The molecule has 2 aromatic heterocycles. The van der Waals surface area contributed by atoms with E-state index in [-0.39, 0.29) is 34.6 Å². The van der Waals surface area contributed by atoms with Gasteiger partial charge >= 0.3 is 12.1 Å². The van der Waals surface area contributed by atoms with Gasteiger partial charge in [0.2, 0.25) is 0 Å². The molecule has 1 N–H and O–H groups in total. The number of nitrogens with zero attached hydrogens (tertiary/aromatic N) is 2. The van der Waals surface area contributed by atoms with Crippen molar-refractivity contribution in [3.05, 3.63) is 155 Å². The van der Waals surface area contributed by atoms with Gasteiger partial charge in [-0.3, -0.25) is 9.78 Å². The number of pyridine rings is 1. The van der Waals surface area contributed by atoms with Crippen LogP contribution in [0.4, 0.5) is 13.2 Å². The van der Waals surface area contributed by atoms with E-state index in [4.69, 9.17) is 4.74 Å². The number of benzene rings is 4. The molecule has 6 rings (SSSR count). The smallest absolute Gasteiger partial charge is 0.418 e. The summed E-state index contributed by atoms with van der Waals surface area (Å²) in [6, 6.07) is 28.6. The molecule has 0 saturated heterocycles. The highest BCUT2D eigenvalue weighted by atomic mass is 19.4. The quantitative estimate of drug-likeness (QED) is 0.164. The van der Waals surface area contributed by atoms with Crippen molar-refractivity contribution in [3.8, 4) is 16.9 Å². The van der Waals surface area contributed by atoms with Gasteiger partial charge in [0.15, 0.2) is 5.78 Å². The van der Waals surface area contributed by atoms with Gasteiger partial charge in [-0.15, -0.1) is 0 Å². The van der Waals surface area contributed by atoms with Crippen LogP contribution >= 0.6 is 0 Å². The minimum absolute atomic E-state index is 0.176. The summed E-state index contributed by atoms with van der Waals surface area (Å²) in [7, 11) is 0. The van der Waals surface area contributed by atoms with Crippen molar-refractivity contribution in [2.24, 2.45) is 0 Å². The molecular weight excluding hydrogens is 593 g/mol. The molecule has 0 amide bonds. The molecule has 0 aliphatic heterocycles. The fraction of sp³-hybridized carbons (Fsp3) is 0.108. The highest BCUT2D eigenvalue weighted by Crippen LogP contribution is 2.39. The molecule has 0 atom stereocenters. The minimum atomic E-state index is -4.63. The number of ether oxygens (including phenoxy) is 1. The molecule has 0 spiro atoms. The fourth-order valence-corrected chi connectivity index (χ4v) is 5.53. The number of ketones is 1. The van der Waals surface area contributed by atoms with Gasteiger partial charge in [0.05, 0.1) is 11.1 Å². The number of rotatable bonds is 9. The van der Waals surface area contributed by atoms with E-state index in [0.29, 0.717) is 34.5 Å². The molecule has 0 aliphatic carbocycles. The number of carbonyl (C=O) groups is 2. The van der Waals surface area contributed by atoms with Gasteiger partial charge in [0.1, 0.15) is 18.1 Å². The van der Waals surface area contributed by atoms with Crippen LogP contribution in [0.1, 0.15) is 48.7 Å². The molecule has 0 aliphatic rings. The summed E-state index contributed by atoms with van der Waals surface area (Å²) in [5.74, 6) is -0.878. The highest BCUT2D eigenvalue weighted by molar-refractivity contribution is 6.16. The van der Waals surface area contributed by atoms with Gasteiger partial charge in [0, 0.05) is 41.0 Å². The standard InChI is InChI=1S/C37H27F3N2O4/c1-23-17-18-42(34(23)36(44)45)21-24-13-15-25(16-14-24)22-46-28-10-5-9-27(19-28)32-29-11-6-12-31(37(38,39)40)33(29)41-20-30(32)35(43)26-7-3-2-4-8-26/h2-20H,21-22H2,1H3,(H,44,45). The SMILES string of the molecule is Cc1ccn(Cc2ccc(COc3cccc(-c4c(C(=O)c5ccccc5)cnc5c(C(F)(F)F)cccc45)c3)cc2)c1C(=O)O. The lowest BCUT2D eigenvalue weighted by molar-refractivity contribution is -0.136. The number of hydrogen-bond donors (Lipinski definition) is 1. The summed E-state index contributed by atoms with van der Waals surface area (Å²) in [4.78, 5) is 29.4. The summed E-state index contributed by atoms with van der Waals surface area (Å²) in [5.41, 5.74) is 3.00. The van der Waals surface area contributed by atoms with E-state index >= 15 is 0 Å². The van der Waals surface area contributed by atoms with Crippen LogP contribution in [0.5, 0.6) is 5.75 Å². The number of para-hydroxylation sites is 1. The second-order valence-electron chi connectivity index (χ2n) is 10.9. The van der Waals surface area contributed by atoms with E-state index < -0.39 is 17.7 Å². The number of carboxylic acids is 1. The predicted octanol–water partition coefficient (Wildman–Crippen LogP) is 8.59. The molecule has 0 unspecified atom stereocenters. The van der Waals surface area contributed by atoms with Crippen LogP contribution in [-0.4, -0.2) is 26.4 Å². The van der Waals surface area contributed by atoms with Gasteiger partial charge in [-0.1, -0.05) is 78.9 Å². The van der Waals surface area contributed by atoms with Crippen molar-refractivity contribution in [2.45, 2.75) is 26.3 Å². The molecular formula is C37H27F3N2O4. The van der Waals surface area contributed by atoms with Crippen molar-refractivity contribution in [1.82, 2.24) is 9.55 Å². The maximum Gasteiger partial charge on any atom is 0.418 e. The van der Waals surface area contributed by atoms with Crippen LogP contribution in [0.2, 0.25) is 0 Å². The van der Waals surface area contributed by atoms with Crippen LogP contribution in [0, 0.1) is 6.92 Å².